The molecule has 0 saturated carbocycles. The number of rotatable bonds is 4. The molecule has 0 radical (unpaired) electrons. The van der Waals surface area contributed by atoms with Crippen LogP contribution in [0, 0.1) is 6.92 Å². The number of amides is 2. The quantitative estimate of drug-likeness (QED) is 0.751. The van der Waals surface area contributed by atoms with Crippen LogP contribution < -0.4 is 16.0 Å². The summed E-state index contributed by atoms with van der Waals surface area (Å²) in [7, 11) is 0. The van der Waals surface area contributed by atoms with E-state index in [0.717, 1.165) is 10.0 Å². The molecule has 1 fully saturated rings. The number of anilines is 1. The van der Waals surface area contributed by atoms with Crippen LogP contribution in [0.2, 0.25) is 0 Å². The first-order valence-corrected chi connectivity index (χ1v) is 7.51. The Labute approximate surface area is 135 Å². The van der Waals surface area contributed by atoms with Crippen molar-refractivity contribution in [1.29, 1.82) is 0 Å². The first-order valence-electron chi connectivity index (χ1n) is 6.72. The Bertz CT molecular complexity index is 595. The van der Waals surface area contributed by atoms with Gasteiger partial charge < -0.3 is 10.6 Å². The maximum absolute atomic E-state index is 13.0. The summed E-state index contributed by atoms with van der Waals surface area (Å²) in [5.41, 5.74) is 1.50. The molecule has 1 aliphatic rings. The normalized spacial score (nSPS) is 19.7. The minimum atomic E-state index is -2.88. The van der Waals surface area contributed by atoms with E-state index in [0.29, 0.717) is 5.69 Å². The van der Waals surface area contributed by atoms with Gasteiger partial charge in [0.25, 0.3) is 5.92 Å². The van der Waals surface area contributed by atoms with Crippen LogP contribution in [-0.4, -0.2) is 36.9 Å². The molecule has 1 unspecified atom stereocenters. The summed E-state index contributed by atoms with van der Waals surface area (Å²) in [5, 5.41) is 7.45. The predicted octanol–water partition coefficient (Wildman–Crippen LogP) is 1.81. The molecular weight excluding hydrogens is 360 g/mol. The fourth-order valence-electron chi connectivity index (χ4n) is 2.15. The van der Waals surface area contributed by atoms with Crippen LogP contribution in [0.4, 0.5) is 14.5 Å². The third kappa shape index (κ3) is 4.48. The number of hydrogen-bond donors (Lipinski definition) is 3. The first kappa shape index (κ1) is 16.8. The molecule has 3 N–H and O–H groups in total. The fourth-order valence-corrected chi connectivity index (χ4v) is 2.63. The van der Waals surface area contributed by atoms with Crippen molar-refractivity contribution in [2.45, 2.75) is 25.3 Å². The van der Waals surface area contributed by atoms with E-state index in [2.05, 4.69) is 31.9 Å². The van der Waals surface area contributed by atoms with Crippen LogP contribution in [0.15, 0.2) is 22.7 Å². The smallest absolute Gasteiger partial charge is 0.262 e. The zero-order valence-corrected chi connectivity index (χ0v) is 13.5. The van der Waals surface area contributed by atoms with Gasteiger partial charge in [-0.15, -0.1) is 0 Å². The van der Waals surface area contributed by atoms with E-state index in [-0.39, 0.29) is 6.54 Å². The average molecular weight is 376 g/mol. The lowest BCUT2D eigenvalue weighted by Gasteiger charge is -2.12. The third-order valence-corrected chi connectivity index (χ3v) is 3.81. The second-order valence-corrected chi connectivity index (χ2v) is 6.13. The van der Waals surface area contributed by atoms with Crippen molar-refractivity contribution in [3.63, 3.8) is 0 Å². The van der Waals surface area contributed by atoms with Crippen molar-refractivity contribution < 1.29 is 18.4 Å². The molecule has 1 saturated heterocycles. The third-order valence-electron chi connectivity index (χ3n) is 3.31. The van der Waals surface area contributed by atoms with Gasteiger partial charge in [0.2, 0.25) is 11.8 Å². The van der Waals surface area contributed by atoms with Crippen molar-refractivity contribution >= 4 is 33.4 Å². The second kappa shape index (κ2) is 6.70. The standard InChI is InChI=1S/C14H16BrF2N3O2/c1-8-4-9(15)2-3-10(8)20-12(21)6-18-13(22)11-5-14(16,17)7-19-11/h2-4,11,19H,5-7H2,1H3,(H,18,22)(H,20,21). The number of carbonyl (C=O) groups is 2. The van der Waals surface area contributed by atoms with Crippen molar-refractivity contribution in [2.75, 3.05) is 18.4 Å². The lowest BCUT2D eigenvalue weighted by Crippen LogP contribution is -2.43. The molecule has 1 heterocycles. The molecule has 0 aliphatic carbocycles. The summed E-state index contributed by atoms with van der Waals surface area (Å²) in [5.74, 6) is -3.89. The van der Waals surface area contributed by atoms with Gasteiger partial charge in [-0.1, -0.05) is 15.9 Å². The van der Waals surface area contributed by atoms with Crippen LogP contribution in [0.5, 0.6) is 0 Å². The molecule has 0 bridgehead atoms. The molecule has 1 aromatic carbocycles. The SMILES string of the molecule is Cc1cc(Br)ccc1NC(=O)CNC(=O)C1CC(F)(F)CN1. The molecule has 1 aromatic rings. The molecule has 0 aromatic heterocycles. The lowest BCUT2D eigenvalue weighted by atomic mass is 10.2. The zero-order valence-electron chi connectivity index (χ0n) is 11.9. The number of benzene rings is 1. The topological polar surface area (TPSA) is 70.2 Å². The predicted molar refractivity (Wildman–Crippen MR) is 81.9 cm³/mol. The van der Waals surface area contributed by atoms with Crippen LogP contribution in [0.3, 0.4) is 0 Å². The van der Waals surface area contributed by atoms with Gasteiger partial charge in [0, 0.05) is 16.6 Å². The summed E-state index contributed by atoms with van der Waals surface area (Å²) < 4.78 is 26.9. The molecular formula is C14H16BrF2N3O2. The molecule has 1 aliphatic heterocycles. The van der Waals surface area contributed by atoms with Crippen molar-refractivity contribution in [3.05, 3.63) is 28.2 Å². The maximum Gasteiger partial charge on any atom is 0.262 e. The summed E-state index contributed by atoms with van der Waals surface area (Å²) >= 11 is 3.32. The van der Waals surface area contributed by atoms with Gasteiger partial charge in [-0.05, 0) is 30.7 Å². The number of halogens is 3. The summed E-state index contributed by atoms with van der Waals surface area (Å²) in [4.78, 5) is 23.5. The molecule has 120 valence electrons. The summed E-state index contributed by atoms with van der Waals surface area (Å²) in [6, 6.07) is 4.40. The molecule has 2 rings (SSSR count). The van der Waals surface area contributed by atoms with E-state index >= 15 is 0 Å². The van der Waals surface area contributed by atoms with Gasteiger partial charge in [-0.2, -0.15) is 0 Å². The number of carbonyl (C=O) groups excluding carboxylic acids is 2. The Morgan fingerprint density at radius 2 is 2.18 bits per heavy atom. The highest BCUT2D eigenvalue weighted by Crippen LogP contribution is 2.25. The molecule has 1 atom stereocenters. The van der Waals surface area contributed by atoms with Gasteiger partial charge in [0.15, 0.2) is 0 Å². The van der Waals surface area contributed by atoms with Gasteiger partial charge in [-0.25, -0.2) is 8.78 Å². The highest BCUT2D eigenvalue weighted by Gasteiger charge is 2.42. The van der Waals surface area contributed by atoms with Gasteiger partial charge in [-0.3, -0.25) is 14.9 Å². The Balaban J connectivity index is 1.81. The average Bonchev–Trinajstić information content (AvgIpc) is 2.80. The Kier molecular flexibility index (Phi) is 5.12. The van der Waals surface area contributed by atoms with Gasteiger partial charge in [0.1, 0.15) is 0 Å². The number of alkyl halides is 2. The molecule has 0 spiro atoms. The van der Waals surface area contributed by atoms with E-state index in [1.54, 1.807) is 12.1 Å². The van der Waals surface area contributed by atoms with E-state index < -0.39 is 36.7 Å². The van der Waals surface area contributed by atoms with Crippen molar-refractivity contribution in [1.82, 2.24) is 10.6 Å². The fraction of sp³-hybridized carbons (Fsp3) is 0.429. The van der Waals surface area contributed by atoms with E-state index in [1.807, 2.05) is 13.0 Å². The Morgan fingerprint density at radius 3 is 2.77 bits per heavy atom. The monoisotopic (exact) mass is 375 g/mol. The van der Waals surface area contributed by atoms with Crippen LogP contribution in [-0.2, 0) is 9.59 Å². The van der Waals surface area contributed by atoms with Crippen molar-refractivity contribution in [2.24, 2.45) is 0 Å². The lowest BCUT2D eigenvalue weighted by molar-refractivity contribution is -0.125. The van der Waals surface area contributed by atoms with Crippen LogP contribution >= 0.6 is 15.9 Å². The van der Waals surface area contributed by atoms with E-state index in [1.165, 1.54) is 0 Å². The first-order chi connectivity index (χ1) is 10.3. The maximum atomic E-state index is 13.0. The van der Waals surface area contributed by atoms with Crippen molar-refractivity contribution in [3.8, 4) is 0 Å². The van der Waals surface area contributed by atoms with Crippen LogP contribution in [0.25, 0.3) is 0 Å². The zero-order chi connectivity index (χ0) is 16.3. The number of aryl methyl sites for hydroxylation is 1. The molecule has 5 nitrogen and oxygen atoms in total. The number of nitrogens with one attached hydrogen (secondary N) is 3. The largest absolute Gasteiger partial charge is 0.346 e. The Hall–Kier alpha value is -1.54. The summed E-state index contributed by atoms with van der Waals surface area (Å²) in [6.07, 6.45) is -0.549. The highest BCUT2D eigenvalue weighted by atomic mass is 79.9. The molecule has 8 heteroatoms. The van der Waals surface area contributed by atoms with Gasteiger partial charge in [0.05, 0.1) is 19.1 Å². The van der Waals surface area contributed by atoms with Crippen LogP contribution in [0.1, 0.15) is 12.0 Å². The highest BCUT2D eigenvalue weighted by molar-refractivity contribution is 9.10. The summed E-state index contributed by atoms with van der Waals surface area (Å²) in [6.45, 7) is 1.05. The minimum absolute atomic E-state index is 0.266. The van der Waals surface area contributed by atoms with E-state index in [4.69, 9.17) is 0 Å². The van der Waals surface area contributed by atoms with E-state index in [9.17, 15) is 18.4 Å². The molecule has 2 amide bonds. The Morgan fingerprint density at radius 1 is 1.45 bits per heavy atom. The number of hydrogen-bond acceptors (Lipinski definition) is 3. The minimum Gasteiger partial charge on any atom is -0.346 e. The molecule has 22 heavy (non-hydrogen) atoms. The van der Waals surface area contributed by atoms with Gasteiger partial charge >= 0.3 is 0 Å². The second-order valence-electron chi connectivity index (χ2n) is 5.22.